The van der Waals surface area contributed by atoms with Crippen molar-refractivity contribution in [1.29, 1.82) is 0 Å². The largest absolute Gasteiger partial charge is 0.406 e. The van der Waals surface area contributed by atoms with Crippen molar-refractivity contribution in [2.75, 3.05) is 12.4 Å². The molecule has 5 nitrogen and oxygen atoms in total. The molecular weight excluding hydrogens is 462 g/mol. The van der Waals surface area contributed by atoms with Crippen LogP contribution in [0, 0.1) is 5.92 Å². The molecule has 0 radical (unpaired) electrons. The molecule has 2 heterocycles. The first-order valence-electron chi connectivity index (χ1n) is 12.1. The number of hydrogen-bond acceptors (Lipinski definition) is 4. The summed E-state index contributed by atoms with van der Waals surface area (Å²) >= 11 is 0. The van der Waals surface area contributed by atoms with Gasteiger partial charge in [-0.2, -0.15) is 4.31 Å². The summed E-state index contributed by atoms with van der Waals surface area (Å²) in [5.74, 6) is -0.0775. The minimum atomic E-state index is -3.46. The quantitative estimate of drug-likeness (QED) is 0.598. The van der Waals surface area contributed by atoms with E-state index in [9.17, 15) is 13.2 Å². The molecule has 2 fully saturated rings. The van der Waals surface area contributed by atoms with Gasteiger partial charge in [-0.1, -0.05) is 87.5 Å². The molecule has 2 aromatic rings. The van der Waals surface area contributed by atoms with Gasteiger partial charge in [-0.15, -0.1) is 0 Å². The molecule has 0 N–H and O–H groups in total. The molecule has 0 aromatic heterocycles. The third-order valence-electron chi connectivity index (χ3n) is 7.95. The smallest absolute Gasteiger partial charge is 0.261 e. The van der Waals surface area contributed by atoms with Crippen molar-refractivity contribution >= 4 is 34.5 Å². The molecule has 0 amide bonds. The van der Waals surface area contributed by atoms with Crippen molar-refractivity contribution in [3.8, 4) is 0 Å². The lowest BCUT2D eigenvalue weighted by molar-refractivity contribution is -0.116. The first kappa shape index (κ1) is 23.7. The number of sulfonamides is 1. The molecule has 5 rings (SSSR count). The van der Waals surface area contributed by atoms with Crippen molar-refractivity contribution < 1.29 is 17.6 Å². The minimum Gasteiger partial charge on any atom is -0.406 e. The van der Waals surface area contributed by atoms with Gasteiger partial charge in [0.2, 0.25) is 10.0 Å². The Balaban J connectivity index is 1.54. The number of hydrogen-bond donors (Lipinski definition) is 0. The van der Waals surface area contributed by atoms with E-state index >= 15 is 0 Å². The molecule has 180 valence electrons. The van der Waals surface area contributed by atoms with E-state index in [-0.39, 0.29) is 28.5 Å². The van der Waals surface area contributed by atoms with Crippen LogP contribution in [0.15, 0.2) is 72.8 Å². The normalized spacial score (nSPS) is 28.6. The summed E-state index contributed by atoms with van der Waals surface area (Å²) in [4.78, 5) is 12.0. The van der Waals surface area contributed by atoms with Crippen molar-refractivity contribution in [1.82, 2.24) is 4.31 Å². The van der Waals surface area contributed by atoms with Crippen molar-refractivity contribution in [3.05, 3.63) is 72.8 Å². The van der Waals surface area contributed by atoms with Crippen molar-refractivity contribution in [2.24, 2.45) is 5.92 Å². The third-order valence-corrected chi connectivity index (χ3v) is 15.0. The zero-order valence-corrected chi connectivity index (χ0v) is 21.9. The first-order valence-corrected chi connectivity index (χ1v) is 15.6. The number of ketones is 1. The second-order valence-electron chi connectivity index (χ2n) is 10.9. The molecule has 2 aliphatic heterocycles. The number of nitrogens with zero attached hydrogens (tertiary/aromatic N) is 1. The van der Waals surface area contributed by atoms with Gasteiger partial charge in [-0.05, 0) is 34.3 Å². The van der Waals surface area contributed by atoms with E-state index in [2.05, 4.69) is 69.3 Å². The zero-order valence-electron chi connectivity index (χ0n) is 20.1. The van der Waals surface area contributed by atoms with E-state index in [1.807, 2.05) is 18.2 Å². The first-order chi connectivity index (χ1) is 16.1. The molecule has 0 unspecified atom stereocenters. The van der Waals surface area contributed by atoms with Gasteiger partial charge in [0.25, 0.3) is 8.32 Å². The molecule has 3 atom stereocenters. The Kier molecular flexibility index (Phi) is 5.75. The second kappa shape index (κ2) is 8.26. The van der Waals surface area contributed by atoms with E-state index < -0.39 is 23.9 Å². The molecule has 3 aliphatic rings. The summed E-state index contributed by atoms with van der Waals surface area (Å²) in [6.07, 6.45) is 5.27. The highest BCUT2D eigenvalue weighted by atomic mass is 32.2. The minimum absolute atomic E-state index is 0.0275. The van der Waals surface area contributed by atoms with Crippen LogP contribution in [0.25, 0.3) is 0 Å². The van der Waals surface area contributed by atoms with Gasteiger partial charge in [-0.3, -0.25) is 4.79 Å². The third kappa shape index (κ3) is 3.56. The highest BCUT2D eigenvalue weighted by Gasteiger charge is 2.62. The SMILES string of the molecule is CC(C)(C)[Si](OC[C@H]1CC[C@]23C=CC(=O)C[C@H]2CS(=O)(=O)N13)(c1ccccc1)c1ccccc1. The molecular formula is C27H33NO4SSi. The predicted molar refractivity (Wildman–Crippen MR) is 137 cm³/mol. The Bertz CT molecular complexity index is 1170. The van der Waals surface area contributed by atoms with Crippen molar-refractivity contribution in [3.63, 3.8) is 0 Å². The number of allylic oxidation sites excluding steroid dienone is 1. The van der Waals surface area contributed by atoms with Gasteiger partial charge >= 0.3 is 0 Å². The van der Waals surface area contributed by atoms with Crippen molar-refractivity contribution in [2.45, 2.75) is 56.7 Å². The van der Waals surface area contributed by atoms with Gasteiger partial charge in [0.15, 0.2) is 5.78 Å². The van der Waals surface area contributed by atoms with Crippen LogP contribution in [0.4, 0.5) is 0 Å². The lowest BCUT2D eigenvalue weighted by atomic mass is 9.77. The van der Waals surface area contributed by atoms with Gasteiger partial charge < -0.3 is 4.43 Å². The molecule has 34 heavy (non-hydrogen) atoms. The Labute approximate surface area is 204 Å². The summed E-state index contributed by atoms with van der Waals surface area (Å²) in [6, 6.07) is 20.6. The molecule has 7 heteroatoms. The van der Waals surface area contributed by atoms with E-state index in [1.54, 1.807) is 10.4 Å². The van der Waals surface area contributed by atoms with Crippen LogP contribution in [0.5, 0.6) is 0 Å². The number of rotatable bonds is 5. The number of carbonyl (C=O) groups excluding carboxylic acids is 1. The fourth-order valence-corrected chi connectivity index (χ4v) is 13.6. The van der Waals surface area contributed by atoms with Crippen LogP contribution in [-0.4, -0.2) is 50.8 Å². The maximum atomic E-state index is 13.3. The monoisotopic (exact) mass is 495 g/mol. The highest BCUT2D eigenvalue weighted by Crippen LogP contribution is 2.51. The molecule has 1 spiro atoms. The topological polar surface area (TPSA) is 63.7 Å². The Morgan fingerprint density at radius 2 is 1.62 bits per heavy atom. The van der Waals surface area contributed by atoms with Crippen LogP contribution in [0.2, 0.25) is 5.04 Å². The molecule has 2 aromatic carbocycles. The predicted octanol–water partition coefficient (Wildman–Crippen LogP) is 3.25. The maximum Gasteiger partial charge on any atom is 0.261 e. The summed E-state index contributed by atoms with van der Waals surface area (Å²) in [5.41, 5.74) is -0.563. The zero-order chi connectivity index (χ0) is 24.2. The van der Waals surface area contributed by atoms with Crippen LogP contribution < -0.4 is 10.4 Å². The lowest BCUT2D eigenvalue weighted by Gasteiger charge is -2.44. The maximum absolute atomic E-state index is 13.3. The van der Waals surface area contributed by atoms with E-state index in [0.717, 1.165) is 12.8 Å². The average Bonchev–Trinajstić information content (AvgIpc) is 3.28. The standard InChI is InChI=1S/C27H33NO4SSi/c1-26(2,3)34(24-10-6-4-7-11-24,25-12-8-5-9-13-25)32-19-22-14-16-27-17-15-23(29)18-21(27)20-33(30,31)28(22)27/h4-13,15,17,21-22H,14,16,18-20H2,1-3H3/t21-,22+,27-/m0/s1. The summed E-state index contributed by atoms with van der Waals surface area (Å²) in [7, 11) is -6.21. The Morgan fingerprint density at radius 1 is 1.03 bits per heavy atom. The fraction of sp³-hybridized carbons (Fsp3) is 0.444. The Morgan fingerprint density at radius 3 is 2.18 bits per heavy atom. The fourth-order valence-electron chi connectivity index (χ4n) is 6.52. The van der Waals surface area contributed by atoms with Gasteiger partial charge in [0, 0.05) is 18.4 Å². The van der Waals surface area contributed by atoms with E-state index in [1.165, 1.54) is 10.4 Å². The van der Waals surface area contributed by atoms with Gasteiger partial charge in [0.05, 0.1) is 17.9 Å². The number of carbonyl (C=O) groups is 1. The van der Waals surface area contributed by atoms with Crippen LogP contribution in [0.3, 0.4) is 0 Å². The molecule has 1 aliphatic carbocycles. The van der Waals surface area contributed by atoms with E-state index in [4.69, 9.17) is 4.43 Å². The summed E-state index contributed by atoms with van der Waals surface area (Å²) < 4.78 is 35.4. The van der Waals surface area contributed by atoms with Crippen LogP contribution >= 0.6 is 0 Å². The number of benzene rings is 2. The second-order valence-corrected chi connectivity index (χ2v) is 17.1. The van der Waals surface area contributed by atoms with Crippen LogP contribution in [0.1, 0.15) is 40.0 Å². The highest BCUT2D eigenvalue weighted by molar-refractivity contribution is 7.89. The average molecular weight is 496 g/mol. The van der Waals surface area contributed by atoms with Crippen LogP contribution in [-0.2, 0) is 19.2 Å². The van der Waals surface area contributed by atoms with Gasteiger partial charge in [-0.25, -0.2) is 8.42 Å². The molecule has 0 saturated carbocycles. The molecule has 0 bridgehead atoms. The van der Waals surface area contributed by atoms with Gasteiger partial charge in [0.1, 0.15) is 0 Å². The summed E-state index contributed by atoms with van der Waals surface area (Å²) in [6.45, 7) is 7.04. The Hall–Kier alpha value is -2.06. The summed E-state index contributed by atoms with van der Waals surface area (Å²) in [5, 5.41) is 2.20. The lowest BCUT2D eigenvalue weighted by Crippen LogP contribution is -2.67. The van der Waals surface area contributed by atoms with E-state index in [0.29, 0.717) is 13.0 Å². The molecule has 2 saturated heterocycles.